The number of aromatic nitrogens is 1. The van der Waals surface area contributed by atoms with Gasteiger partial charge in [0.25, 0.3) is 5.91 Å². The molecule has 0 bridgehead atoms. The summed E-state index contributed by atoms with van der Waals surface area (Å²) in [6.45, 7) is 7.99. The first-order valence-corrected chi connectivity index (χ1v) is 8.51. The minimum Gasteiger partial charge on any atom is -0.368 e. The van der Waals surface area contributed by atoms with Crippen molar-refractivity contribution in [2.75, 3.05) is 37.6 Å². The maximum Gasteiger partial charge on any atom is 0.270 e. The molecule has 1 saturated heterocycles. The van der Waals surface area contributed by atoms with Crippen molar-refractivity contribution < 1.29 is 4.79 Å². The van der Waals surface area contributed by atoms with Gasteiger partial charge in [0.1, 0.15) is 5.69 Å². The second-order valence-electron chi connectivity index (χ2n) is 5.99. The van der Waals surface area contributed by atoms with E-state index in [9.17, 15) is 4.79 Å². The number of benzene rings is 1. The molecule has 0 aliphatic carbocycles. The van der Waals surface area contributed by atoms with Crippen molar-refractivity contribution in [2.45, 2.75) is 13.5 Å². The summed E-state index contributed by atoms with van der Waals surface area (Å²) in [5, 5.41) is 2.91. The highest BCUT2D eigenvalue weighted by atomic mass is 16.1. The molecule has 0 saturated carbocycles. The van der Waals surface area contributed by atoms with Crippen LogP contribution in [0.25, 0.3) is 0 Å². The highest BCUT2D eigenvalue weighted by Gasteiger charge is 2.16. The van der Waals surface area contributed by atoms with Gasteiger partial charge in [0.15, 0.2) is 0 Å². The lowest BCUT2D eigenvalue weighted by Gasteiger charge is -2.35. The average Bonchev–Trinajstić information content (AvgIpc) is 2.67. The molecule has 3 rings (SSSR count). The number of hydrogen-bond donors (Lipinski definition) is 1. The number of piperazine rings is 1. The predicted octanol–water partition coefficient (Wildman–Crippen LogP) is 2.15. The summed E-state index contributed by atoms with van der Waals surface area (Å²) in [6, 6.07) is 13.7. The predicted molar refractivity (Wildman–Crippen MR) is 96.2 cm³/mol. The van der Waals surface area contributed by atoms with Crippen LogP contribution in [0, 0.1) is 0 Å². The van der Waals surface area contributed by atoms with E-state index in [0.717, 1.165) is 44.0 Å². The van der Waals surface area contributed by atoms with Gasteiger partial charge in [-0.15, -0.1) is 0 Å². The van der Waals surface area contributed by atoms with Crippen LogP contribution >= 0.6 is 0 Å². The van der Waals surface area contributed by atoms with Crippen LogP contribution in [0.1, 0.15) is 23.0 Å². The third-order valence-corrected chi connectivity index (χ3v) is 4.46. The average molecular weight is 324 g/mol. The van der Waals surface area contributed by atoms with Crippen LogP contribution < -0.4 is 10.2 Å². The van der Waals surface area contributed by atoms with Gasteiger partial charge in [0, 0.05) is 32.7 Å². The maximum absolute atomic E-state index is 12.2. The largest absolute Gasteiger partial charge is 0.368 e. The second-order valence-corrected chi connectivity index (χ2v) is 5.99. The third kappa shape index (κ3) is 4.11. The summed E-state index contributed by atoms with van der Waals surface area (Å²) >= 11 is 0. The van der Waals surface area contributed by atoms with E-state index in [1.807, 2.05) is 42.5 Å². The lowest BCUT2D eigenvalue weighted by Crippen LogP contribution is -2.46. The number of carbonyl (C=O) groups is 1. The molecule has 5 heteroatoms. The van der Waals surface area contributed by atoms with Gasteiger partial charge in [0.05, 0.1) is 11.9 Å². The number of carbonyl (C=O) groups excluding carboxylic acids is 1. The van der Waals surface area contributed by atoms with E-state index in [4.69, 9.17) is 0 Å². The Labute approximate surface area is 143 Å². The Balaban J connectivity index is 1.55. The molecule has 2 aromatic rings. The van der Waals surface area contributed by atoms with Crippen LogP contribution in [0.4, 0.5) is 5.69 Å². The molecular formula is C19H24N4O. The highest BCUT2D eigenvalue weighted by molar-refractivity contribution is 5.92. The summed E-state index contributed by atoms with van der Waals surface area (Å²) in [4.78, 5) is 21.3. The molecule has 1 N–H and O–H groups in total. The summed E-state index contributed by atoms with van der Waals surface area (Å²) in [5.74, 6) is -0.138. The zero-order chi connectivity index (χ0) is 16.8. The zero-order valence-corrected chi connectivity index (χ0v) is 14.1. The van der Waals surface area contributed by atoms with E-state index in [1.54, 1.807) is 6.20 Å². The summed E-state index contributed by atoms with van der Waals surface area (Å²) in [6.07, 6.45) is 1.80. The van der Waals surface area contributed by atoms with E-state index in [-0.39, 0.29) is 5.91 Å². The summed E-state index contributed by atoms with van der Waals surface area (Å²) in [5.41, 5.74) is 2.63. The van der Waals surface area contributed by atoms with Gasteiger partial charge in [0.2, 0.25) is 0 Å². The molecule has 0 radical (unpaired) electrons. The van der Waals surface area contributed by atoms with Gasteiger partial charge in [-0.3, -0.25) is 4.79 Å². The molecule has 1 aromatic heterocycles. The van der Waals surface area contributed by atoms with Crippen molar-refractivity contribution in [2.24, 2.45) is 0 Å². The molecule has 1 fully saturated rings. The molecule has 1 aliphatic heterocycles. The Morgan fingerprint density at radius 2 is 1.83 bits per heavy atom. The van der Waals surface area contributed by atoms with Crippen molar-refractivity contribution in [3.05, 3.63) is 59.9 Å². The number of pyridine rings is 1. The number of likely N-dealkylation sites (N-methyl/N-ethyl adjacent to an activating group) is 1. The van der Waals surface area contributed by atoms with Gasteiger partial charge in [-0.1, -0.05) is 37.3 Å². The smallest absolute Gasteiger partial charge is 0.270 e. The molecule has 2 heterocycles. The van der Waals surface area contributed by atoms with Crippen molar-refractivity contribution >= 4 is 11.6 Å². The van der Waals surface area contributed by atoms with E-state index < -0.39 is 0 Å². The first kappa shape index (κ1) is 16.5. The number of nitrogens with zero attached hydrogens (tertiary/aromatic N) is 3. The first-order chi connectivity index (χ1) is 11.8. The van der Waals surface area contributed by atoms with Crippen molar-refractivity contribution in [3.63, 3.8) is 0 Å². The van der Waals surface area contributed by atoms with Gasteiger partial charge in [-0.05, 0) is 24.2 Å². The van der Waals surface area contributed by atoms with Gasteiger partial charge in [-0.25, -0.2) is 4.98 Å². The van der Waals surface area contributed by atoms with E-state index in [2.05, 4.69) is 27.0 Å². The standard InChI is InChI=1S/C19H24N4O/c1-2-22-10-12-23(13-11-22)17-8-9-18(20-15-17)19(24)21-14-16-6-4-3-5-7-16/h3-9,15H,2,10-14H2,1H3,(H,21,24). The minimum absolute atomic E-state index is 0.138. The minimum atomic E-state index is -0.138. The molecule has 1 amide bonds. The molecule has 0 spiro atoms. The Morgan fingerprint density at radius 3 is 2.46 bits per heavy atom. The van der Waals surface area contributed by atoms with Gasteiger partial charge in [-0.2, -0.15) is 0 Å². The monoisotopic (exact) mass is 324 g/mol. The first-order valence-electron chi connectivity index (χ1n) is 8.51. The van der Waals surface area contributed by atoms with Crippen LogP contribution in [-0.4, -0.2) is 48.5 Å². The Hall–Kier alpha value is -2.40. The second kappa shape index (κ2) is 7.93. The Kier molecular flexibility index (Phi) is 5.43. The zero-order valence-electron chi connectivity index (χ0n) is 14.1. The Morgan fingerprint density at radius 1 is 1.08 bits per heavy atom. The molecule has 0 atom stereocenters. The van der Waals surface area contributed by atoms with Gasteiger partial charge >= 0.3 is 0 Å². The highest BCUT2D eigenvalue weighted by Crippen LogP contribution is 2.15. The SMILES string of the molecule is CCN1CCN(c2ccc(C(=O)NCc3ccccc3)nc2)CC1. The fourth-order valence-corrected chi connectivity index (χ4v) is 2.90. The van der Waals surface area contributed by atoms with Gasteiger partial charge < -0.3 is 15.1 Å². The van der Waals surface area contributed by atoms with Crippen LogP contribution in [-0.2, 0) is 6.54 Å². The topological polar surface area (TPSA) is 48.5 Å². The maximum atomic E-state index is 12.2. The number of hydrogen-bond acceptors (Lipinski definition) is 4. The fourth-order valence-electron chi connectivity index (χ4n) is 2.90. The quantitative estimate of drug-likeness (QED) is 0.915. The third-order valence-electron chi connectivity index (χ3n) is 4.46. The lowest BCUT2D eigenvalue weighted by atomic mass is 10.2. The van der Waals surface area contributed by atoms with Crippen molar-refractivity contribution in [3.8, 4) is 0 Å². The number of anilines is 1. The Bertz CT molecular complexity index is 649. The van der Waals surface area contributed by atoms with E-state index in [1.165, 1.54) is 0 Å². The number of nitrogens with one attached hydrogen (secondary N) is 1. The van der Waals surface area contributed by atoms with Crippen LogP contribution in [0.2, 0.25) is 0 Å². The van der Waals surface area contributed by atoms with Crippen LogP contribution in [0.3, 0.4) is 0 Å². The van der Waals surface area contributed by atoms with Crippen LogP contribution in [0.5, 0.6) is 0 Å². The fraction of sp³-hybridized carbons (Fsp3) is 0.368. The normalized spacial score (nSPS) is 15.3. The van der Waals surface area contributed by atoms with E-state index >= 15 is 0 Å². The molecule has 5 nitrogen and oxygen atoms in total. The molecule has 126 valence electrons. The molecule has 0 unspecified atom stereocenters. The molecular weight excluding hydrogens is 300 g/mol. The summed E-state index contributed by atoms with van der Waals surface area (Å²) < 4.78 is 0. The van der Waals surface area contributed by atoms with Crippen LogP contribution in [0.15, 0.2) is 48.7 Å². The molecule has 1 aliphatic rings. The van der Waals surface area contributed by atoms with E-state index in [0.29, 0.717) is 12.2 Å². The number of amides is 1. The summed E-state index contributed by atoms with van der Waals surface area (Å²) in [7, 11) is 0. The van der Waals surface area contributed by atoms with Crippen molar-refractivity contribution in [1.82, 2.24) is 15.2 Å². The number of rotatable bonds is 5. The molecule has 24 heavy (non-hydrogen) atoms. The van der Waals surface area contributed by atoms with Crippen molar-refractivity contribution in [1.29, 1.82) is 0 Å². The molecule has 1 aromatic carbocycles. The lowest BCUT2D eigenvalue weighted by molar-refractivity contribution is 0.0946.